The van der Waals surface area contributed by atoms with E-state index in [9.17, 15) is 0 Å². The van der Waals surface area contributed by atoms with E-state index in [1.54, 1.807) is 0 Å². The first kappa shape index (κ1) is 19.1. The van der Waals surface area contributed by atoms with E-state index in [0.717, 1.165) is 25.6 Å². The first-order chi connectivity index (χ1) is 9.09. The molecular weight excluding hydrogens is 258 g/mol. The Morgan fingerprint density at radius 1 is 0.842 bits per heavy atom. The van der Waals surface area contributed by atoms with Crippen LogP contribution < -0.4 is 0 Å². The highest BCUT2D eigenvalue weighted by Gasteiger charge is 2.40. The van der Waals surface area contributed by atoms with E-state index in [1.165, 1.54) is 0 Å². The third-order valence-corrected chi connectivity index (χ3v) is 6.48. The molecule has 19 heavy (non-hydrogen) atoms. The molecule has 0 aliphatic carbocycles. The molecule has 1 unspecified atom stereocenters. The van der Waals surface area contributed by atoms with Gasteiger partial charge >= 0.3 is 8.80 Å². The van der Waals surface area contributed by atoms with Crippen LogP contribution in [0.25, 0.3) is 0 Å². The fraction of sp³-hybridized carbons (Fsp3) is 1.00. The topological polar surface area (TPSA) is 30.9 Å². The van der Waals surface area contributed by atoms with Crippen molar-refractivity contribution in [3.8, 4) is 0 Å². The van der Waals surface area contributed by atoms with Gasteiger partial charge in [-0.25, -0.2) is 0 Å². The van der Waals surface area contributed by atoms with Gasteiger partial charge in [0.25, 0.3) is 0 Å². The van der Waals surface area contributed by atoms with Crippen LogP contribution in [0, 0.1) is 0 Å². The van der Waals surface area contributed by atoms with Gasteiger partial charge in [-0.05, 0) is 47.2 Å². The minimum Gasteiger partial charge on any atom is -0.374 e. The normalized spacial score (nSPS) is 14.1. The smallest absolute Gasteiger partial charge is 0.374 e. The van der Waals surface area contributed by atoms with Crippen molar-refractivity contribution in [1.82, 2.24) is 4.90 Å². The Morgan fingerprint density at radius 3 is 1.58 bits per heavy atom. The molecule has 0 fully saturated rings. The summed E-state index contributed by atoms with van der Waals surface area (Å²) < 4.78 is 17.7. The predicted octanol–water partition coefficient (Wildman–Crippen LogP) is 3.16. The molecular formula is C14H33NO3Si. The maximum atomic E-state index is 5.88. The van der Waals surface area contributed by atoms with E-state index in [2.05, 4.69) is 25.7 Å². The van der Waals surface area contributed by atoms with Gasteiger partial charge in [0.05, 0.1) is 0 Å². The van der Waals surface area contributed by atoms with Crippen molar-refractivity contribution in [2.24, 2.45) is 0 Å². The van der Waals surface area contributed by atoms with Crippen molar-refractivity contribution in [2.45, 2.75) is 60.0 Å². The third-order valence-electron chi connectivity index (χ3n) is 3.40. The molecule has 0 aliphatic rings. The average molecular weight is 292 g/mol. The zero-order valence-corrected chi connectivity index (χ0v) is 14.7. The van der Waals surface area contributed by atoms with E-state index in [4.69, 9.17) is 13.3 Å². The van der Waals surface area contributed by atoms with Gasteiger partial charge in [0.2, 0.25) is 0 Å². The minimum absolute atomic E-state index is 0.545. The lowest BCUT2D eigenvalue weighted by molar-refractivity contribution is 0.0682. The number of hydrogen-bond donors (Lipinski definition) is 0. The van der Waals surface area contributed by atoms with Crippen molar-refractivity contribution in [1.29, 1.82) is 0 Å². The van der Waals surface area contributed by atoms with Gasteiger partial charge in [-0.2, -0.15) is 0 Å². The maximum Gasteiger partial charge on any atom is 0.500 e. The summed E-state index contributed by atoms with van der Waals surface area (Å²) in [4.78, 5) is 2.46. The summed E-state index contributed by atoms with van der Waals surface area (Å²) in [6.45, 7) is 16.9. The zero-order chi connectivity index (χ0) is 14.7. The molecule has 4 nitrogen and oxygen atoms in total. The summed E-state index contributed by atoms with van der Waals surface area (Å²) in [5.41, 5.74) is 0. The summed E-state index contributed by atoms with van der Waals surface area (Å²) in [5, 5.41) is 0. The second kappa shape index (κ2) is 10.8. The molecule has 0 saturated carbocycles. The van der Waals surface area contributed by atoms with Crippen LogP contribution in [0.5, 0.6) is 0 Å². The molecule has 0 saturated heterocycles. The molecule has 0 aromatic rings. The molecule has 0 N–H and O–H groups in total. The molecule has 5 heteroatoms. The van der Waals surface area contributed by atoms with Crippen molar-refractivity contribution >= 4 is 8.80 Å². The number of rotatable bonds is 12. The van der Waals surface area contributed by atoms with Gasteiger partial charge in [-0.1, -0.05) is 13.8 Å². The Morgan fingerprint density at radius 2 is 1.26 bits per heavy atom. The molecule has 0 spiro atoms. The lowest BCUT2D eigenvalue weighted by Gasteiger charge is -2.32. The van der Waals surface area contributed by atoms with E-state index >= 15 is 0 Å². The van der Waals surface area contributed by atoms with Crippen LogP contribution in [0.2, 0.25) is 6.04 Å². The molecule has 0 bridgehead atoms. The van der Waals surface area contributed by atoms with Crippen LogP contribution in [0.4, 0.5) is 0 Å². The zero-order valence-electron chi connectivity index (χ0n) is 13.7. The van der Waals surface area contributed by atoms with E-state index < -0.39 is 8.80 Å². The Kier molecular flexibility index (Phi) is 10.8. The average Bonchev–Trinajstić information content (AvgIpc) is 2.39. The lowest BCUT2D eigenvalue weighted by atomic mass is 10.2. The summed E-state index contributed by atoms with van der Waals surface area (Å²) >= 11 is 0. The Hall–Kier alpha value is 0.0569. The first-order valence-electron chi connectivity index (χ1n) is 7.74. The summed E-state index contributed by atoms with van der Waals surface area (Å²) in [7, 11) is -2.46. The molecule has 0 radical (unpaired) electrons. The van der Waals surface area contributed by atoms with E-state index in [-0.39, 0.29) is 0 Å². The summed E-state index contributed by atoms with van der Waals surface area (Å²) in [6.07, 6.45) is 1.06. The first-order valence-corrected chi connectivity index (χ1v) is 9.68. The Labute approximate surface area is 120 Å². The van der Waals surface area contributed by atoms with Crippen molar-refractivity contribution < 1.29 is 13.3 Å². The van der Waals surface area contributed by atoms with E-state index in [1.807, 2.05) is 20.8 Å². The maximum absolute atomic E-state index is 5.88. The van der Waals surface area contributed by atoms with Gasteiger partial charge in [0.15, 0.2) is 0 Å². The highest BCUT2D eigenvalue weighted by molar-refractivity contribution is 6.60. The molecule has 0 heterocycles. The van der Waals surface area contributed by atoms with Crippen molar-refractivity contribution in [2.75, 3.05) is 32.9 Å². The van der Waals surface area contributed by atoms with Gasteiger partial charge in [0.1, 0.15) is 0 Å². The molecule has 0 aromatic carbocycles. The minimum atomic E-state index is -2.46. The largest absolute Gasteiger partial charge is 0.500 e. The fourth-order valence-electron chi connectivity index (χ4n) is 2.42. The summed E-state index contributed by atoms with van der Waals surface area (Å²) in [5.74, 6) is 0. The van der Waals surface area contributed by atoms with Crippen LogP contribution in [-0.2, 0) is 13.3 Å². The Balaban J connectivity index is 4.53. The predicted molar refractivity (Wildman–Crippen MR) is 82.4 cm³/mol. The molecule has 0 aromatic heterocycles. The molecule has 0 rings (SSSR count). The number of nitrogens with zero attached hydrogens (tertiary/aromatic N) is 1. The molecule has 0 amide bonds. The van der Waals surface area contributed by atoms with Crippen LogP contribution in [0.3, 0.4) is 0 Å². The van der Waals surface area contributed by atoms with Crippen LogP contribution in [-0.4, -0.2) is 52.7 Å². The van der Waals surface area contributed by atoms with Gasteiger partial charge < -0.3 is 18.2 Å². The van der Waals surface area contributed by atoms with Gasteiger partial charge in [-0.15, -0.1) is 0 Å². The second-order valence-corrected chi connectivity index (χ2v) is 7.32. The monoisotopic (exact) mass is 291 g/mol. The fourth-order valence-corrected chi connectivity index (χ4v) is 5.19. The van der Waals surface area contributed by atoms with Gasteiger partial charge in [-0.3, -0.25) is 0 Å². The molecule has 0 aliphatic heterocycles. The highest BCUT2D eigenvalue weighted by atomic mass is 28.4. The van der Waals surface area contributed by atoms with Crippen LogP contribution in [0.1, 0.15) is 48.0 Å². The van der Waals surface area contributed by atoms with Gasteiger partial charge in [0, 0.05) is 31.9 Å². The standard InChI is InChI=1S/C14H33NO3Si/c1-7-15(8-2)14(6)12-13-19(16-9-3,17-10-4)18-11-5/h14H,7-13H2,1-6H3. The quantitative estimate of drug-likeness (QED) is 0.517. The molecule has 116 valence electrons. The van der Waals surface area contributed by atoms with Crippen molar-refractivity contribution in [3.05, 3.63) is 0 Å². The summed E-state index contributed by atoms with van der Waals surface area (Å²) in [6, 6.07) is 1.45. The van der Waals surface area contributed by atoms with E-state index in [0.29, 0.717) is 25.9 Å². The second-order valence-electron chi connectivity index (χ2n) is 4.59. The Bertz CT molecular complexity index is 196. The van der Waals surface area contributed by atoms with Crippen LogP contribution >= 0.6 is 0 Å². The highest BCUT2D eigenvalue weighted by Crippen LogP contribution is 2.21. The third kappa shape index (κ3) is 6.86. The number of hydrogen-bond acceptors (Lipinski definition) is 4. The lowest BCUT2D eigenvalue weighted by Crippen LogP contribution is -2.47. The SMILES string of the molecule is CCO[Si](CCC(C)N(CC)CC)(OCC)OCC. The molecule has 1 atom stereocenters. The van der Waals surface area contributed by atoms with Crippen molar-refractivity contribution in [3.63, 3.8) is 0 Å². The van der Waals surface area contributed by atoms with Crippen LogP contribution in [0.15, 0.2) is 0 Å².